The van der Waals surface area contributed by atoms with Crippen molar-refractivity contribution in [2.45, 2.75) is 6.61 Å². The van der Waals surface area contributed by atoms with Crippen molar-refractivity contribution in [2.24, 2.45) is 0 Å². The molecule has 2 aromatic heterocycles. The van der Waals surface area contributed by atoms with E-state index >= 15 is 0 Å². The molecule has 5 nitrogen and oxygen atoms in total. The van der Waals surface area contributed by atoms with E-state index in [2.05, 4.69) is 4.98 Å². The highest BCUT2D eigenvalue weighted by Gasteiger charge is 2.11. The number of rotatable bonds is 5. The molecule has 0 aliphatic carbocycles. The first-order chi connectivity index (χ1) is 15.1. The number of ether oxygens (including phenoxy) is 2. The van der Waals surface area contributed by atoms with Crippen molar-refractivity contribution >= 4 is 33.4 Å². The van der Waals surface area contributed by atoms with E-state index in [0.717, 1.165) is 16.6 Å². The lowest BCUT2D eigenvalue weighted by Gasteiger charge is -2.11. The predicted octanol–water partition coefficient (Wildman–Crippen LogP) is 4.18. The van der Waals surface area contributed by atoms with Gasteiger partial charge in [0.15, 0.2) is 16.5 Å². The molecule has 0 amide bonds. The number of fused-ring (bicyclic) bond motifs is 3. The fourth-order valence-electron chi connectivity index (χ4n) is 3.43. The predicted molar refractivity (Wildman–Crippen MR) is 119 cm³/mol. The van der Waals surface area contributed by atoms with Crippen molar-refractivity contribution < 1.29 is 13.9 Å². The monoisotopic (exact) mass is 432 g/mol. The molecule has 31 heavy (non-hydrogen) atoms. The molecular weight excluding hydrogens is 415 g/mol. The molecule has 5 aromatic rings. The van der Waals surface area contributed by atoms with Crippen molar-refractivity contribution in [1.82, 2.24) is 9.38 Å². The van der Waals surface area contributed by atoms with Gasteiger partial charge in [-0.25, -0.2) is 13.8 Å². The van der Waals surface area contributed by atoms with E-state index < -0.39 is 0 Å². The van der Waals surface area contributed by atoms with E-state index in [9.17, 15) is 9.18 Å². The summed E-state index contributed by atoms with van der Waals surface area (Å²) >= 11 is 1.34. The molecule has 0 radical (unpaired) electrons. The maximum absolute atomic E-state index is 13.8. The first-order valence-corrected chi connectivity index (χ1v) is 10.4. The Hall–Kier alpha value is -3.71. The molecule has 7 heteroatoms. The van der Waals surface area contributed by atoms with Gasteiger partial charge in [0.05, 0.1) is 22.7 Å². The van der Waals surface area contributed by atoms with E-state index in [1.807, 2.05) is 30.3 Å². The van der Waals surface area contributed by atoms with E-state index in [0.29, 0.717) is 26.6 Å². The van der Waals surface area contributed by atoms with Crippen LogP contribution in [0, 0.1) is 5.82 Å². The van der Waals surface area contributed by atoms with Crippen molar-refractivity contribution in [1.29, 1.82) is 0 Å². The molecule has 0 spiro atoms. The minimum atomic E-state index is -0.315. The van der Waals surface area contributed by atoms with E-state index in [-0.39, 0.29) is 18.0 Å². The molecule has 0 saturated carbocycles. The van der Waals surface area contributed by atoms with Gasteiger partial charge in [-0.15, -0.1) is 0 Å². The lowest BCUT2D eigenvalue weighted by atomic mass is 10.2. The van der Waals surface area contributed by atoms with Crippen LogP contribution in [0.5, 0.6) is 11.5 Å². The minimum absolute atomic E-state index is 0.0893. The minimum Gasteiger partial charge on any atom is -0.493 e. The number of halogens is 1. The first kappa shape index (κ1) is 19.3. The molecule has 0 aliphatic rings. The number of para-hydroxylation sites is 2. The maximum Gasteiger partial charge on any atom is 0.274 e. The summed E-state index contributed by atoms with van der Waals surface area (Å²) in [6, 6.07) is 19.4. The Morgan fingerprint density at radius 2 is 1.87 bits per heavy atom. The average molecular weight is 432 g/mol. The maximum atomic E-state index is 13.8. The smallest absolute Gasteiger partial charge is 0.274 e. The van der Waals surface area contributed by atoms with Gasteiger partial charge >= 0.3 is 0 Å². The quantitative estimate of drug-likeness (QED) is 0.418. The molecule has 154 valence electrons. The van der Waals surface area contributed by atoms with Gasteiger partial charge in [-0.2, -0.15) is 0 Å². The molecule has 0 unspecified atom stereocenters. The van der Waals surface area contributed by atoms with Crippen LogP contribution in [0.25, 0.3) is 22.1 Å². The molecule has 0 saturated heterocycles. The number of hydrogen-bond donors (Lipinski definition) is 0. The highest BCUT2D eigenvalue weighted by atomic mass is 32.1. The van der Waals surface area contributed by atoms with Gasteiger partial charge in [0.25, 0.3) is 5.56 Å². The molecule has 5 rings (SSSR count). The molecule has 0 aliphatic heterocycles. The van der Waals surface area contributed by atoms with Gasteiger partial charge in [-0.3, -0.25) is 4.79 Å². The SMILES string of the molecule is COc1cc(/C=c2\sc3nc4ccccc4n3c2=O)ccc1OCc1ccccc1F. The Morgan fingerprint density at radius 1 is 1.06 bits per heavy atom. The van der Waals surface area contributed by atoms with E-state index in [1.165, 1.54) is 17.4 Å². The zero-order valence-electron chi connectivity index (χ0n) is 16.5. The largest absolute Gasteiger partial charge is 0.493 e. The molecule has 0 fully saturated rings. The van der Waals surface area contributed by atoms with Crippen LogP contribution in [-0.2, 0) is 6.61 Å². The first-order valence-electron chi connectivity index (χ1n) is 9.60. The highest BCUT2D eigenvalue weighted by molar-refractivity contribution is 7.15. The van der Waals surface area contributed by atoms with Crippen LogP contribution < -0.4 is 19.6 Å². The molecular formula is C24H17FN2O3S. The summed E-state index contributed by atoms with van der Waals surface area (Å²) in [5.41, 5.74) is 2.75. The fourth-order valence-corrected chi connectivity index (χ4v) is 4.41. The number of aromatic nitrogens is 2. The van der Waals surface area contributed by atoms with Gasteiger partial charge < -0.3 is 9.47 Å². The van der Waals surface area contributed by atoms with Crippen molar-refractivity contribution in [3.8, 4) is 11.5 Å². The molecule has 3 aromatic carbocycles. The molecule has 0 N–H and O–H groups in total. The Kier molecular flexibility index (Phi) is 4.88. The number of thiazole rings is 1. The summed E-state index contributed by atoms with van der Waals surface area (Å²) in [6.45, 7) is 0.0893. The molecule has 0 atom stereocenters. The summed E-state index contributed by atoms with van der Waals surface area (Å²) < 4.78 is 27.2. The zero-order valence-corrected chi connectivity index (χ0v) is 17.4. The summed E-state index contributed by atoms with van der Waals surface area (Å²) in [4.78, 5) is 18.1. The van der Waals surface area contributed by atoms with Gasteiger partial charge in [-0.1, -0.05) is 47.7 Å². The third kappa shape index (κ3) is 3.53. The van der Waals surface area contributed by atoms with Crippen LogP contribution in [0.3, 0.4) is 0 Å². The Labute approximate surface area is 180 Å². The molecule has 2 heterocycles. The second-order valence-electron chi connectivity index (χ2n) is 6.92. The number of benzene rings is 3. The van der Waals surface area contributed by atoms with E-state index in [4.69, 9.17) is 9.47 Å². The van der Waals surface area contributed by atoms with Gasteiger partial charge in [0.2, 0.25) is 0 Å². The second-order valence-corrected chi connectivity index (χ2v) is 7.93. The Balaban J connectivity index is 1.48. The lowest BCUT2D eigenvalue weighted by Crippen LogP contribution is -2.22. The van der Waals surface area contributed by atoms with Crippen LogP contribution in [0.4, 0.5) is 4.39 Å². The topological polar surface area (TPSA) is 52.8 Å². The summed E-state index contributed by atoms with van der Waals surface area (Å²) in [6.07, 6.45) is 1.81. The van der Waals surface area contributed by atoms with Crippen molar-refractivity contribution in [3.63, 3.8) is 0 Å². The standard InChI is InChI=1S/C24H17FN2O3S/c1-29-21-12-15(10-11-20(21)30-14-16-6-2-3-7-17(16)25)13-22-23(28)27-19-9-5-4-8-18(19)26-24(27)31-22/h2-13H,14H2,1H3/b22-13-. The van der Waals surface area contributed by atoms with Crippen LogP contribution in [0.2, 0.25) is 0 Å². The van der Waals surface area contributed by atoms with Gasteiger partial charge in [0, 0.05) is 5.56 Å². The number of methoxy groups -OCH3 is 1. The second kappa shape index (κ2) is 7.85. The summed E-state index contributed by atoms with van der Waals surface area (Å²) in [5, 5.41) is 0. The van der Waals surface area contributed by atoms with Gasteiger partial charge in [0.1, 0.15) is 12.4 Å². The highest BCUT2D eigenvalue weighted by Crippen LogP contribution is 2.29. The van der Waals surface area contributed by atoms with E-state index in [1.54, 1.807) is 47.9 Å². The molecule has 0 bridgehead atoms. The third-order valence-corrected chi connectivity index (χ3v) is 5.94. The van der Waals surface area contributed by atoms with Crippen LogP contribution in [-0.4, -0.2) is 16.5 Å². The Bertz CT molecular complexity index is 1520. The number of nitrogens with zero attached hydrogens (tertiary/aromatic N) is 2. The number of hydrogen-bond acceptors (Lipinski definition) is 5. The zero-order chi connectivity index (χ0) is 21.4. The van der Waals surface area contributed by atoms with Crippen LogP contribution >= 0.6 is 11.3 Å². The third-order valence-electron chi connectivity index (χ3n) is 4.97. The number of imidazole rings is 1. The van der Waals surface area contributed by atoms with Gasteiger partial charge in [-0.05, 0) is 42.0 Å². The summed E-state index contributed by atoms with van der Waals surface area (Å²) in [5.74, 6) is 0.686. The lowest BCUT2D eigenvalue weighted by molar-refractivity contribution is 0.279. The van der Waals surface area contributed by atoms with Crippen molar-refractivity contribution in [2.75, 3.05) is 7.11 Å². The van der Waals surface area contributed by atoms with Crippen molar-refractivity contribution in [3.05, 3.63) is 98.6 Å². The average Bonchev–Trinajstić information content (AvgIpc) is 3.29. The van der Waals surface area contributed by atoms with Crippen LogP contribution in [0.15, 0.2) is 71.5 Å². The fraction of sp³-hybridized carbons (Fsp3) is 0.0833. The summed E-state index contributed by atoms with van der Waals surface area (Å²) in [7, 11) is 1.54. The van der Waals surface area contributed by atoms with Crippen LogP contribution in [0.1, 0.15) is 11.1 Å². The normalized spacial score (nSPS) is 12.0. The Morgan fingerprint density at radius 3 is 2.71 bits per heavy atom.